The van der Waals surface area contributed by atoms with E-state index in [0.29, 0.717) is 21.7 Å². The first-order chi connectivity index (χ1) is 9.58. The first kappa shape index (κ1) is 13.7. The van der Waals surface area contributed by atoms with Gasteiger partial charge in [0.2, 0.25) is 0 Å². The molecule has 0 aliphatic heterocycles. The van der Waals surface area contributed by atoms with E-state index >= 15 is 0 Å². The molecule has 0 amide bonds. The smallest absolute Gasteiger partial charge is 0.178 e. The van der Waals surface area contributed by atoms with Crippen molar-refractivity contribution >= 4 is 23.3 Å². The monoisotopic (exact) mass is 296 g/mol. The van der Waals surface area contributed by atoms with Crippen molar-refractivity contribution in [1.82, 2.24) is 9.55 Å². The zero-order valence-corrected chi connectivity index (χ0v) is 12.3. The predicted octanol–water partition coefficient (Wildman–Crippen LogP) is 5.12. The molecule has 1 aromatic heterocycles. The van der Waals surface area contributed by atoms with Crippen LogP contribution in [0.25, 0.3) is 11.0 Å². The van der Waals surface area contributed by atoms with Gasteiger partial charge in [-0.1, -0.05) is 26.2 Å². The molecular formula is C15H18F2N2S. The Morgan fingerprint density at radius 1 is 1.20 bits per heavy atom. The van der Waals surface area contributed by atoms with Crippen molar-refractivity contribution in [2.24, 2.45) is 5.92 Å². The van der Waals surface area contributed by atoms with Crippen LogP contribution in [0.1, 0.15) is 45.1 Å². The van der Waals surface area contributed by atoms with Gasteiger partial charge in [0, 0.05) is 12.1 Å². The summed E-state index contributed by atoms with van der Waals surface area (Å²) >= 11 is 5.35. The zero-order chi connectivity index (χ0) is 14.3. The number of benzene rings is 1. The molecule has 1 saturated carbocycles. The maximum Gasteiger partial charge on any atom is 0.178 e. The van der Waals surface area contributed by atoms with Crippen molar-refractivity contribution in [2.75, 3.05) is 0 Å². The third-order valence-electron chi connectivity index (χ3n) is 4.39. The number of H-pyrrole nitrogens is 1. The van der Waals surface area contributed by atoms with Gasteiger partial charge >= 0.3 is 0 Å². The van der Waals surface area contributed by atoms with E-state index in [0.717, 1.165) is 25.3 Å². The molecule has 1 N–H and O–H groups in total. The second kappa shape index (κ2) is 5.28. The van der Waals surface area contributed by atoms with Crippen LogP contribution in [0.15, 0.2) is 12.1 Å². The summed E-state index contributed by atoms with van der Waals surface area (Å²) in [6.45, 7) is 2.20. The van der Waals surface area contributed by atoms with Gasteiger partial charge in [-0.3, -0.25) is 0 Å². The van der Waals surface area contributed by atoms with Crippen LogP contribution in [0, 0.1) is 22.3 Å². The Kier molecular flexibility index (Phi) is 3.63. The van der Waals surface area contributed by atoms with E-state index in [-0.39, 0.29) is 6.04 Å². The lowest BCUT2D eigenvalue weighted by Gasteiger charge is -2.23. The lowest BCUT2D eigenvalue weighted by molar-refractivity contribution is 0.338. The first-order valence-electron chi connectivity index (χ1n) is 7.17. The second-order valence-corrected chi connectivity index (χ2v) is 6.15. The van der Waals surface area contributed by atoms with Crippen molar-refractivity contribution in [3.05, 3.63) is 28.5 Å². The largest absolute Gasteiger partial charge is 0.328 e. The molecule has 2 aromatic rings. The summed E-state index contributed by atoms with van der Waals surface area (Å²) in [5, 5.41) is 0. The first-order valence-corrected chi connectivity index (χ1v) is 7.58. The van der Waals surface area contributed by atoms with E-state index in [9.17, 15) is 8.78 Å². The molecule has 0 saturated heterocycles. The zero-order valence-electron chi connectivity index (χ0n) is 11.5. The van der Waals surface area contributed by atoms with Crippen LogP contribution in [0.3, 0.4) is 0 Å². The highest BCUT2D eigenvalue weighted by Crippen LogP contribution is 2.35. The van der Waals surface area contributed by atoms with Gasteiger partial charge in [-0.2, -0.15) is 0 Å². The normalized spacial score (nSPS) is 23.9. The molecule has 1 aliphatic rings. The summed E-state index contributed by atoms with van der Waals surface area (Å²) in [6, 6.07) is 2.50. The highest BCUT2D eigenvalue weighted by Gasteiger charge is 2.24. The lowest BCUT2D eigenvalue weighted by atomic mass is 9.96. The van der Waals surface area contributed by atoms with E-state index in [1.807, 2.05) is 4.57 Å². The van der Waals surface area contributed by atoms with Crippen LogP contribution < -0.4 is 0 Å². The molecular weight excluding hydrogens is 278 g/mol. The lowest BCUT2D eigenvalue weighted by Crippen LogP contribution is -2.16. The van der Waals surface area contributed by atoms with Gasteiger partial charge in [-0.05, 0) is 37.0 Å². The molecule has 1 fully saturated rings. The molecule has 1 heterocycles. The number of imidazole rings is 1. The number of aromatic amines is 1. The van der Waals surface area contributed by atoms with Crippen LogP contribution in [0.4, 0.5) is 8.78 Å². The van der Waals surface area contributed by atoms with Gasteiger partial charge in [-0.15, -0.1) is 0 Å². The van der Waals surface area contributed by atoms with E-state index in [1.165, 1.54) is 18.9 Å². The SMILES string of the molecule is CC1CCCCCC1n1c(=S)[nH]c2c(F)cc(F)cc21. The number of nitrogens with zero attached hydrogens (tertiary/aromatic N) is 1. The molecule has 1 aliphatic carbocycles. The number of fused-ring (bicyclic) bond motifs is 1. The molecule has 2 unspecified atom stereocenters. The fraction of sp³-hybridized carbons (Fsp3) is 0.533. The van der Waals surface area contributed by atoms with Crippen molar-refractivity contribution in [2.45, 2.75) is 45.1 Å². The van der Waals surface area contributed by atoms with Gasteiger partial charge in [0.25, 0.3) is 0 Å². The Morgan fingerprint density at radius 2 is 1.95 bits per heavy atom. The molecule has 1 aromatic carbocycles. The number of nitrogens with one attached hydrogen (secondary N) is 1. The molecule has 3 rings (SSSR count). The molecule has 0 bridgehead atoms. The molecule has 0 radical (unpaired) electrons. The summed E-state index contributed by atoms with van der Waals surface area (Å²) in [4.78, 5) is 2.90. The highest BCUT2D eigenvalue weighted by molar-refractivity contribution is 7.71. The Morgan fingerprint density at radius 3 is 2.75 bits per heavy atom. The number of halogens is 2. The molecule has 2 nitrogen and oxygen atoms in total. The van der Waals surface area contributed by atoms with Gasteiger partial charge in [0.1, 0.15) is 11.3 Å². The summed E-state index contributed by atoms with van der Waals surface area (Å²) in [5.74, 6) is -0.667. The summed E-state index contributed by atoms with van der Waals surface area (Å²) in [7, 11) is 0. The molecule has 5 heteroatoms. The Hall–Kier alpha value is -1.23. The van der Waals surface area contributed by atoms with Crippen molar-refractivity contribution < 1.29 is 8.78 Å². The number of hydrogen-bond donors (Lipinski definition) is 1. The van der Waals surface area contributed by atoms with Gasteiger partial charge in [-0.25, -0.2) is 8.78 Å². The third-order valence-corrected chi connectivity index (χ3v) is 4.69. The van der Waals surface area contributed by atoms with E-state index in [2.05, 4.69) is 11.9 Å². The van der Waals surface area contributed by atoms with E-state index in [4.69, 9.17) is 12.2 Å². The van der Waals surface area contributed by atoms with Crippen molar-refractivity contribution in [3.63, 3.8) is 0 Å². The minimum Gasteiger partial charge on any atom is -0.328 e. The van der Waals surface area contributed by atoms with E-state index in [1.54, 1.807) is 0 Å². The second-order valence-electron chi connectivity index (χ2n) is 5.76. The average Bonchev–Trinajstić information content (AvgIpc) is 2.56. The third kappa shape index (κ3) is 2.28. The molecule has 108 valence electrons. The van der Waals surface area contributed by atoms with Crippen LogP contribution in [0.2, 0.25) is 0 Å². The minimum absolute atomic E-state index is 0.222. The van der Waals surface area contributed by atoms with Crippen LogP contribution in [0.5, 0.6) is 0 Å². The maximum atomic E-state index is 13.9. The quantitative estimate of drug-likeness (QED) is 0.572. The highest BCUT2D eigenvalue weighted by atomic mass is 32.1. The summed E-state index contributed by atoms with van der Waals surface area (Å²) in [6.07, 6.45) is 5.73. The Bertz CT molecular complexity index is 689. The number of rotatable bonds is 1. The average molecular weight is 296 g/mol. The summed E-state index contributed by atoms with van der Waals surface area (Å²) < 4.78 is 29.8. The maximum absolute atomic E-state index is 13.9. The Balaban J connectivity index is 2.19. The van der Waals surface area contributed by atoms with Crippen molar-refractivity contribution in [1.29, 1.82) is 0 Å². The van der Waals surface area contributed by atoms with Gasteiger partial charge < -0.3 is 9.55 Å². The Labute approximate surface area is 121 Å². The van der Waals surface area contributed by atoms with Crippen LogP contribution in [-0.4, -0.2) is 9.55 Å². The number of hydrogen-bond acceptors (Lipinski definition) is 1. The molecule has 0 spiro atoms. The fourth-order valence-electron chi connectivity index (χ4n) is 3.34. The molecule has 2 atom stereocenters. The van der Waals surface area contributed by atoms with E-state index < -0.39 is 11.6 Å². The minimum atomic E-state index is -0.578. The van der Waals surface area contributed by atoms with Crippen LogP contribution in [-0.2, 0) is 0 Å². The predicted molar refractivity (Wildman–Crippen MR) is 78.3 cm³/mol. The van der Waals surface area contributed by atoms with Crippen molar-refractivity contribution in [3.8, 4) is 0 Å². The fourth-order valence-corrected chi connectivity index (χ4v) is 3.67. The van der Waals surface area contributed by atoms with Gasteiger partial charge in [0.05, 0.1) is 5.52 Å². The topological polar surface area (TPSA) is 20.7 Å². The summed E-state index contributed by atoms with van der Waals surface area (Å²) in [5.41, 5.74) is 0.860. The van der Waals surface area contributed by atoms with Crippen LogP contribution >= 0.6 is 12.2 Å². The standard InChI is InChI=1S/C15H18F2N2S/c1-9-5-3-2-4-6-12(9)19-13-8-10(16)7-11(17)14(13)18-15(19)20/h7-9,12H,2-6H2,1H3,(H,18,20). The molecule has 20 heavy (non-hydrogen) atoms. The van der Waals surface area contributed by atoms with Gasteiger partial charge in [0.15, 0.2) is 10.6 Å². The number of aromatic nitrogens is 2.